The van der Waals surface area contributed by atoms with Gasteiger partial charge < -0.3 is 10.4 Å². The molecular weight excluding hydrogens is 280 g/mol. The van der Waals surface area contributed by atoms with Crippen molar-refractivity contribution < 1.29 is 9.90 Å². The van der Waals surface area contributed by atoms with E-state index in [1.807, 2.05) is 30.3 Å². The van der Waals surface area contributed by atoms with Gasteiger partial charge in [-0.1, -0.05) is 30.3 Å². The van der Waals surface area contributed by atoms with E-state index < -0.39 is 6.10 Å². The minimum Gasteiger partial charge on any atom is -0.393 e. The zero-order chi connectivity index (χ0) is 15.8. The smallest absolute Gasteiger partial charge is 0.320 e. The van der Waals surface area contributed by atoms with Crippen molar-refractivity contribution in [3.63, 3.8) is 0 Å². The molecular formula is C16H20N4O2. The van der Waals surface area contributed by atoms with Crippen molar-refractivity contribution in [1.82, 2.24) is 15.5 Å². The van der Waals surface area contributed by atoms with Gasteiger partial charge >= 0.3 is 6.03 Å². The molecule has 2 atom stereocenters. The highest BCUT2D eigenvalue weighted by molar-refractivity contribution is 5.88. The number of carbonyl (C=O) groups excluding carboxylic acids is 1. The normalized spacial score (nSPS) is 13.2. The maximum absolute atomic E-state index is 11.9. The number of aliphatic hydroxyl groups is 1. The summed E-state index contributed by atoms with van der Waals surface area (Å²) in [4.78, 5) is 11.9. The van der Waals surface area contributed by atoms with Crippen LogP contribution in [0, 0.1) is 0 Å². The van der Waals surface area contributed by atoms with E-state index in [0.717, 1.165) is 5.56 Å². The Kier molecular flexibility index (Phi) is 5.85. The Morgan fingerprint density at radius 2 is 2.00 bits per heavy atom. The molecule has 6 heteroatoms. The molecule has 0 spiro atoms. The number of amides is 2. The number of aromatic nitrogens is 2. The Morgan fingerprint density at radius 1 is 1.23 bits per heavy atom. The molecule has 0 fully saturated rings. The van der Waals surface area contributed by atoms with E-state index in [-0.39, 0.29) is 11.9 Å². The molecule has 0 aliphatic heterocycles. The van der Waals surface area contributed by atoms with E-state index >= 15 is 0 Å². The topological polar surface area (TPSA) is 87.1 Å². The van der Waals surface area contributed by atoms with Crippen LogP contribution >= 0.6 is 0 Å². The van der Waals surface area contributed by atoms with Crippen LogP contribution in [0.1, 0.15) is 24.8 Å². The van der Waals surface area contributed by atoms with E-state index in [2.05, 4.69) is 20.8 Å². The maximum atomic E-state index is 11.9. The largest absolute Gasteiger partial charge is 0.393 e. The summed E-state index contributed by atoms with van der Waals surface area (Å²) in [5.41, 5.74) is 1.09. The van der Waals surface area contributed by atoms with Gasteiger partial charge in [0, 0.05) is 18.7 Å². The van der Waals surface area contributed by atoms with Crippen LogP contribution in [-0.4, -0.2) is 34.0 Å². The van der Waals surface area contributed by atoms with Crippen LogP contribution in [0.3, 0.4) is 0 Å². The molecule has 2 amide bonds. The minimum atomic E-state index is -0.435. The van der Waals surface area contributed by atoms with Crippen molar-refractivity contribution in [3.05, 3.63) is 54.2 Å². The third-order valence-electron chi connectivity index (χ3n) is 3.22. The molecule has 6 nitrogen and oxygen atoms in total. The van der Waals surface area contributed by atoms with E-state index in [1.54, 1.807) is 19.1 Å². The Bertz CT molecular complexity index is 575. The molecule has 1 heterocycles. The van der Waals surface area contributed by atoms with Crippen molar-refractivity contribution in [2.45, 2.75) is 25.4 Å². The Labute approximate surface area is 129 Å². The third-order valence-corrected chi connectivity index (χ3v) is 3.22. The Balaban J connectivity index is 1.92. The van der Waals surface area contributed by atoms with Crippen molar-refractivity contribution >= 4 is 11.8 Å². The number of nitrogens with one attached hydrogen (secondary N) is 2. The maximum Gasteiger partial charge on any atom is 0.320 e. The van der Waals surface area contributed by atoms with Crippen LogP contribution in [0.25, 0.3) is 0 Å². The summed E-state index contributed by atoms with van der Waals surface area (Å²) >= 11 is 0. The molecule has 0 radical (unpaired) electrons. The molecule has 0 aliphatic carbocycles. The molecule has 0 aliphatic rings. The van der Waals surface area contributed by atoms with Gasteiger partial charge in [-0.25, -0.2) is 4.79 Å². The molecule has 22 heavy (non-hydrogen) atoms. The molecule has 2 aromatic rings. The third kappa shape index (κ3) is 5.14. The van der Waals surface area contributed by atoms with Gasteiger partial charge in [-0.3, -0.25) is 5.32 Å². The fraction of sp³-hybridized carbons (Fsp3) is 0.312. The molecule has 3 N–H and O–H groups in total. The van der Waals surface area contributed by atoms with Gasteiger partial charge in [0.1, 0.15) is 0 Å². The zero-order valence-corrected chi connectivity index (χ0v) is 12.4. The molecule has 2 unspecified atom stereocenters. The lowest BCUT2D eigenvalue weighted by Crippen LogP contribution is -2.33. The summed E-state index contributed by atoms with van der Waals surface area (Å²) in [6.45, 7) is 2.18. The summed E-state index contributed by atoms with van der Waals surface area (Å²) in [5.74, 6) is 0.445. The van der Waals surface area contributed by atoms with Crippen molar-refractivity contribution in [1.29, 1.82) is 0 Å². The van der Waals surface area contributed by atoms with Crippen LogP contribution in [0.2, 0.25) is 0 Å². The summed E-state index contributed by atoms with van der Waals surface area (Å²) in [6, 6.07) is 12.8. The lowest BCUT2D eigenvalue weighted by Gasteiger charge is -2.19. The summed E-state index contributed by atoms with van der Waals surface area (Å²) in [5, 5.41) is 22.5. The molecule has 116 valence electrons. The van der Waals surface area contributed by atoms with E-state index in [9.17, 15) is 9.90 Å². The molecule has 0 saturated heterocycles. The van der Waals surface area contributed by atoms with Crippen LogP contribution in [0.4, 0.5) is 10.6 Å². The van der Waals surface area contributed by atoms with E-state index in [0.29, 0.717) is 18.8 Å². The number of aliphatic hydroxyl groups excluding tert-OH is 1. The molecule has 1 aromatic carbocycles. The summed E-state index contributed by atoms with van der Waals surface area (Å²) in [7, 11) is 0. The molecule has 1 aromatic heterocycles. The van der Waals surface area contributed by atoms with Crippen LogP contribution < -0.4 is 10.6 Å². The first kappa shape index (κ1) is 15.9. The number of benzene rings is 1. The Morgan fingerprint density at radius 3 is 2.64 bits per heavy atom. The number of hydrogen-bond donors (Lipinski definition) is 3. The second-order valence-corrected chi connectivity index (χ2v) is 5.14. The van der Waals surface area contributed by atoms with Crippen molar-refractivity contribution in [3.8, 4) is 0 Å². The first-order chi connectivity index (χ1) is 10.6. The Hall–Kier alpha value is -2.47. The summed E-state index contributed by atoms with van der Waals surface area (Å²) in [6.07, 6.45) is 1.68. The lowest BCUT2D eigenvalue weighted by molar-refractivity contribution is 0.173. The van der Waals surface area contributed by atoms with Gasteiger partial charge in [-0.15, -0.1) is 5.10 Å². The number of anilines is 1. The first-order valence-electron chi connectivity index (χ1n) is 7.20. The van der Waals surface area contributed by atoms with Gasteiger partial charge in [-0.05, 0) is 31.0 Å². The van der Waals surface area contributed by atoms with Crippen LogP contribution in [0.5, 0.6) is 0 Å². The first-order valence-corrected chi connectivity index (χ1v) is 7.20. The predicted octanol–water partition coefficient (Wildman–Crippen LogP) is 2.15. The fourth-order valence-electron chi connectivity index (χ4n) is 2.22. The monoisotopic (exact) mass is 300 g/mol. The average molecular weight is 300 g/mol. The SMILES string of the molecule is CC(O)CC(CNC(=O)Nc1cccnn1)c1ccccc1. The second kappa shape index (κ2) is 8.09. The lowest BCUT2D eigenvalue weighted by atomic mass is 9.93. The summed E-state index contributed by atoms with van der Waals surface area (Å²) < 4.78 is 0. The average Bonchev–Trinajstić information content (AvgIpc) is 2.53. The fourth-order valence-corrected chi connectivity index (χ4v) is 2.22. The molecule has 0 saturated carbocycles. The van der Waals surface area contributed by atoms with Crippen LogP contribution in [0.15, 0.2) is 48.7 Å². The van der Waals surface area contributed by atoms with Gasteiger partial charge in [0.15, 0.2) is 5.82 Å². The minimum absolute atomic E-state index is 0.0498. The highest BCUT2D eigenvalue weighted by Gasteiger charge is 2.15. The van der Waals surface area contributed by atoms with E-state index in [4.69, 9.17) is 0 Å². The quantitative estimate of drug-likeness (QED) is 0.763. The molecule has 0 bridgehead atoms. The highest BCUT2D eigenvalue weighted by Crippen LogP contribution is 2.20. The highest BCUT2D eigenvalue weighted by atomic mass is 16.3. The number of carbonyl (C=O) groups is 1. The zero-order valence-electron chi connectivity index (χ0n) is 12.4. The number of nitrogens with zero attached hydrogens (tertiary/aromatic N) is 2. The van der Waals surface area contributed by atoms with Gasteiger partial charge in [-0.2, -0.15) is 5.10 Å². The standard InChI is InChI=1S/C16H20N4O2/c1-12(21)10-14(13-6-3-2-4-7-13)11-17-16(22)19-15-8-5-9-18-20-15/h2-9,12,14,21H,10-11H2,1H3,(H2,17,19,20,22). The number of rotatable bonds is 6. The van der Waals surface area contributed by atoms with Crippen molar-refractivity contribution in [2.24, 2.45) is 0 Å². The number of hydrogen-bond acceptors (Lipinski definition) is 4. The predicted molar refractivity (Wildman–Crippen MR) is 84.5 cm³/mol. The van der Waals surface area contributed by atoms with Gasteiger partial charge in [0.25, 0.3) is 0 Å². The van der Waals surface area contributed by atoms with E-state index in [1.165, 1.54) is 6.20 Å². The van der Waals surface area contributed by atoms with Crippen molar-refractivity contribution in [2.75, 3.05) is 11.9 Å². The van der Waals surface area contributed by atoms with Gasteiger partial charge in [0.2, 0.25) is 0 Å². The number of urea groups is 1. The second-order valence-electron chi connectivity index (χ2n) is 5.14. The van der Waals surface area contributed by atoms with Crippen LogP contribution in [-0.2, 0) is 0 Å². The van der Waals surface area contributed by atoms with Gasteiger partial charge in [0.05, 0.1) is 6.10 Å². The molecule has 2 rings (SSSR count).